The molecular weight excluding hydrogens is 464 g/mol. The summed E-state index contributed by atoms with van der Waals surface area (Å²) in [4.78, 5) is 51.1. The van der Waals surface area contributed by atoms with Gasteiger partial charge in [0.05, 0.1) is 4.90 Å². The lowest BCUT2D eigenvalue weighted by atomic mass is 9.64. The van der Waals surface area contributed by atoms with Crippen LogP contribution in [-0.2, 0) is 29.1 Å². The summed E-state index contributed by atoms with van der Waals surface area (Å²) >= 11 is 0. The number of carbonyl (C=O) groups excluding carboxylic acids is 4. The van der Waals surface area contributed by atoms with E-state index in [4.69, 9.17) is 9.88 Å². The molecule has 0 radical (unpaired) electrons. The highest BCUT2D eigenvalue weighted by Crippen LogP contribution is 2.46. The Kier molecular flexibility index (Phi) is 6.78. The number of primary sulfonamides is 1. The lowest BCUT2D eigenvalue weighted by Crippen LogP contribution is -2.54. The summed E-state index contributed by atoms with van der Waals surface area (Å²) in [6.45, 7) is 6.85. The molecule has 1 aromatic rings. The van der Waals surface area contributed by atoms with Crippen molar-refractivity contribution in [2.24, 2.45) is 16.5 Å². The number of hydrogen-bond donors (Lipinski definition) is 3. The monoisotopic (exact) mass is 494 g/mol. The standard InChI is InChI=1S/C22H30N4O7S/c1-13-9-21(3,4)12-22(10-13)19(29)26(20(30)25-22)11-17(27)33-14(2)18(28)24-15-5-7-16(8-6-15)34(23,31)32/h5-8,13-14H,9-12H2,1-4H3,(H,24,28)(H,25,30)(H2,23,31,32). The van der Waals surface area contributed by atoms with E-state index in [1.807, 2.05) is 20.8 Å². The number of sulfonamides is 1. The van der Waals surface area contributed by atoms with E-state index in [0.717, 1.165) is 11.3 Å². The molecule has 1 aliphatic carbocycles. The fourth-order valence-electron chi connectivity index (χ4n) is 5.04. The zero-order valence-corrected chi connectivity index (χ0v) is 20.4. The van der Waals surface area contributed by atoms with Crippen LogP contribution in [0.3, 0.4) is 0 Å². The summed E-state index contributed by atoms with van der Waals surface area (Å²) in [6, 6.07) is 4.47. The smallest absolute Gasteiger partial charge is 0.327 e. The summed E-state index contributed by atoms with van der Waals surface area (Å²) in [6.07, 6.45) is 0.671. The van der Waals surface area contributed by atoms with Gasteiger partial charge in [-0.25, -0.2) is 18.4 Å². The minimum Gasteiger partial charge on any atom is -0.451 e. The number of imide groups is 1. The molecule has 4 N–H and O–H groups in total. The summed E-state index contributed by atoms with van der Waals surface area (Å²) in [7, 11) is -3.87. The number of ether oxygens (including phenoxy) is 1. The van der Waals surface area contributed by atoms with Crippen LogP contribution in [-0.4, -0.2) is 55.3 Å². The molecule has 11 nitrogen and oxygen atoms in total. The van der Waals surface area contributed by atoms with Crippen LogP contribution in [0, 0.1) is 11.3 Å². The Hall–Kier alpha value is -2.99. The fourth-order valence-corrected chi connectivity index (χ4v) is 5.55. The van der Waals surface area contributed by atoms with Gasteiger partial charge in [-0.05, 0) is 61.8 Å². The van der Waals surface area contributed by atoms with Crippen molar-refractivity contribution in [1.82, 2.24) is 10.2 Å². The molecule has 1 aromatic carbocycles. The van der Waals surface area contributed by atoms with Crippen LogP contribution in [0.2, 0.25) is 0 Å². The first-order valence-corrected chi connectivity index (χ1v) is 12.4. The molecule has 0 aromatic heterocycles. The van der Waals surface area contributed by atoms with Crippen LogP contribution in [0.5, 0.6) is 0 Å². The Morgan fingerprint density at radius 3 is 2.41 bits per heavy atom. The first-order chi connectivity index (χ1) is 15.6. The molecule has 34 heavy (non-hydrogen) atoms. The van der Waals surface area contributed by atoms with Crippen LogP contribution in [0.1, 0.15) is 47.0 Å². The molecule has 0 bridgehead atoms. The Morgan fingerprint density at radius 2 is 1.85 bits per heavy atom. The number of amides is 4. The molecule has 3 rings (SSSR count). The lowest BCUT2D eigenvalue weighted by Gasteiger charge is -2.43. The summed E-state index contributed by atoms with van der Waals surface area (Å²) in [5, 5.41) is 10.3. The van der Waals surface area contributed by atoms with E-state index in [2.05, 4.69) is 10.6 Å². The van der Waals surface area contributed by atoms with Gasteiger partial charge in [0.2, 0.25) is 10.0 Å². The number of nitrogens with one attached hydrogen (secondary N) is 2. The van der Waals surface area contributed by atoms with Crippen molar-refractivity contribution in [2.75, 3.05) is 11.9 Å². The third-order valence-corrected chi connectivity index (χ3v) is 6.97. The zero-order chi connectivity index (χ0) is 25.5. The Morgan fingerprint density at radius 1 is 1.24 bits per heavy atom. The average molecular weight is 495 g/mol. The third kappa shape index (κ3) is 5.55. The first kappa shape index (κ1) is 25.6. The first-order valence-electron chi connectivity index (χ1n) is 10.9. The molecular formula is C22H30N4O7S. The van der Waals surface area contributed by atoms with E-state index in [0.29, 0.717) is 12.8 Å². The molecule has 1 aliphatic heterocycles. The number of esters is 1. The number of nitrogens with zero attached hydrogens (tertiary/aromatic N) is 1. The van der Waals surface area contributed by atoms with Gasteiger partial charge in [-0.2, -0.15) is 0 Å². The maximum absolute atomic E-state index is 13.1. The number of hydrogen-bond acceptors (Lipinski definition) is 7. The largest absolute Gasteiger partial charge is 0.451 e. The molecule has 1 spiro atoms. The number of benzene rings is 1. The Bertz CT molecular complexity index is 1120. The molecule has 3 atom stereocenters. The Labute approximate surface area is 198 Å². The van der Waals surface area contributed by atoms with Crippen molar-refractivity contribution < 1.29 is 32.3 Å². The van der Waals surface area contributed by atoms with Gasteiger partial charge in [0, 0.05) is 5.69 Å². The number of carbonyl (C=O) groups is 4. The van der Waals surface area contributed by atoms with Gasteiger partial charge in [-0.3, -0.25) is 19.3 Å². The van der Waals surface area contributed by atoms with E-state index in [1.165, 1.54) is 31.2 Å². The van der Waals surface area contributed by atoms with Crippen molar-refractivity contribution in [3.63, 3.8) is 0 Å². The van der Waals surface area contributed by atoms with Gasteiger partial charge in [-0.15, -0.1) is 0 Å². The lowest BCUT2D eigenvalue weighted by molar-refractivity contribution is -0.155. The number of nitrogens with two attached hydrogens (primary N) is 1. The highest BCUT2D eigenvalue weighted by Gasteiger charge is 2.56. The van der Waals surface area contributed by atoms with Gasteiger partial charge in [-0.1, -0.05) is 20.8 Å². The van der Waals surface area contributed by atoms with Crippen LogP contribution in [0.15, 0.2) is 29.2 Å². The molecule has 3 unspecified atom stereocenters. The maximum Gasteiger partial charge on any atom is 0.327 e. The molecule has 1 saturated heterocycles. The molecule has 2 aliphatic rings. The van der Waals surface area contributed by atoms with Crippen molar-refractivity contribution in [2.45, 2.75) is 63.5 Å². The Balaban J connectivity index is 1.59. The molecule has 186 valence electrons. The van der Waals surface area contributed by atoms with E-state index in [9.17, 15) is 27.6 Å². The number of anilines is 1. The fraction of sp³-hybridized carbons (Fsp3) is 0.545. The van der Waals surface area contributed by atoms with Crippen molar-refractivity contribution in [1.29, 1.82) is 0 Å². The maximum atomic E-state index is 13.1. The van der Waals surface area contributed by atoms with Crippen molar-refractivity contribution >= 4 is 39.5 Å². The highest BCUT2D eigenvalue weighted by molar-refractivity contribution is 7.89. The topological polar surface area (TPSA) is 165 Å². The van der Waals surface area contributed by atoms with E-state index >= 15 is 0 Å². The minimum atomic E-state index is -3.87. The predicted octanol–water partition coefficient (Wildman–Crippen LogP) is 1.34. The molecule has 1 heterocycles. The van der Waals surface area contributed by atoms with Gasteiger partial charge < -0.3 is 15.4 Å². The van der Waals surface area contributed by atoms with E-state index in [1.54, 1.807) is 0 Å². The quantitative estimate of drug-likeness (QED) is 0.396. The van der Waals surface area contributed by atoms with Gasteiger partial charge in [0.25, 0.3) is 11.8 Å². The van der Waals surface area contributed by atoms with Crippen LogP contribution in [0.4, 0.5) is 10.5 Å². The van der Waals surface area contributed by atoms with E-state index in [-0.39, 0.29) is 21.9 Å². The van der Waals surface area contributed by atoms with Crippen LogP contribution < -0.4 is 15.8 Å². The minimum absolute atomic E-state index is 0.118. The van der Waals surface area contributed by atoms with Gasteiger partial charge in [0.15, 0.2) is 6.10 Å². The SMILES string of the molecule is CC1CC(C)(C)CC2(C1)NC(=O)N(CC(=O)OC(C)C(=O)Nc1ccc(S(N)(=O)=O)cc1)C2=O. The summed E-state index contributed by atoms with van der Waals surface area (Å²) < 4.78 is 27.7. The van der Waals surface area contributed by atoms with Crippen molar-refractivity contribution in [3.05, 3.63) is 24.3 Å². The molecule has 12 heteroatoms. The third-order valence-electron chi connectivity index (χ3n) is 6.04. The van der Waals surface area contributed by atoms with E-state index < -0.39 is 52.0 Å². The summed E-state index contributed by atoms with van der Waals surface area (Å²) in [5.74, 6) is -1.81. The predicted molar refractivity (Wildman–Crippen MR) is 122 cm³/mol. The van der Waals surface area contributed by atoms with Crippen LogP contribution in [0.25, 0.3) is 0 Å². The normalized spacial score (nSPS) is 25.1. The second kappa shape index (κ2) is 8.99. The molecule has 2 fully saturated rings. The highest BCUT2D eigenvalue weighted by atomic mass is 32.2. The summed E-state index contributed by atoms with van der Waals surface area (Å²) in [5.41, 5.74) is -0.911. The van der Waals surface area contributed by atoms with Crippen LogP contribution >= 0.6 is 0 Å². The number of urea groups is 1. The molecule has 4 amide bonds. The number of rotatable bonds is 6. The zero-order valence-electron chi connectivity index (χ0n) is 19.6. The second-order valence-corrected chi connectivity index (χ2v) is 11.5. The molecule has 1 saturated carbocycles. The van der Waals surface area contributed by atoms with Crippen molar-refractivity contribution in [3.8, 4) is 0 Å². The average Bonchev–Trinajstić information content (AvgIpc) is 2.89. The van der Waals surface area contributed by atoms with Gasteiger partial charge in [0.1, 0.15) is 12.1 Å². The second-order valence-electron chi connectivity index (χ2n) is 9.95. The van der Waals surface area contributed by atoms with Gasteiger partial charge >= 0.3 is 12.0 Å².